The lowest BCUT2D eigenvalue weighted by molar-refractivity contribution is -0.120. The van der Waals surface area contributed by atoms with Crippen molar-refractivity contribution in [2.24, 2.45) is 0 Å². The number of ether oxygens (including phenoxy) is 1. The predicted octanol–water partition coefficient (Wildman–Crippen LogP) is 4.94. The molecule has 0 saturated carbocycles. The molecule has 2 rings (SSSR count). The molecule has 0 fully saturated rings. The molecule has 1 atom stereocenters. The van der Waals surface area contributed by atoms with E-state index in [2.05, 4.69) is 27.3 Å². The van der Waals surface area contributed by atoms with E-state index in [1.165, 1.54) is 4.88 Å². The minimum absolute atomic E-state index is 0.0897. The fourth-order valence-electron chi connectivity index (χ4n) is 2.19. The number of hydrogen-bond donors (Lipinski definition) is 1. The van der Waals surface area contributed by atoms with Crippen molar-refractivity contribution in [1.29, 1.82) is 0 Å². The van der Waals surface area contributed by atoms with Crippen molar-refractivity contribution in [2.45, 2.75) is 26.4 Å². The highest BCUT2D eigenvalue weighted by molar-refractivity contribution is 9.10. The summed E-state index contributed by atoms with van der Waals surface area (Å²) in [4.78, 5) is 15.8. The first-order valence-corrected chi connectivity index (χ1v) is 9.45. The van der Waals surface area contributed by atoms with Crippen LogP contribution in [0.1, 0.15) is 17.4 Å². The molecule has 130 valence electrons. The van der Waals surface area contributed by atoms with Crippen molar-refractivity contribution in [3.05, 3.63) is 43.5 Å². The highest BCUT2D eigenvalue weighted by Crippen LogP contribution is 2.31. The Hall–Kier alpha value is -1.08. The average molecular weight is 432 g/mol. The molecule has 1 unspecified atom stereocenters. The number of thiophene rings is 1. The number of anilines is 1. The van der Waals surface area contributed by atoms with Gasteiger partial charge in [0.15, 0.2) is 0 Å². The maximum Gasteiger partial charge on any atom is 0.241 e. The number of nitrogens with one attached hydrogen (secondary N) is 1. The standard InChI is InChI=1S/C17H20BrClN2O2S/c1-10-5-15(16(23-4)7-14(10)19)20-17(22)11(2)21(3)8-13-6-12(18)9-24-13/h5-7,9,11H,8H2,1-4H3,(H,20,22). The minimum atomic E-state index is -0.286. The molecule has 0 aliphatic rings. The first-order chi connectivity index (χ1) is 11.3. The van der Waals surface area contributed by atoms with Gasteiger partial charge in [0.25, 0.3) is 0 Å². The monoisotopic (exact) mass is 430 g/mol. The lowest BCUT2D eigenvalue weighted by atomic mass is 10.2. The van der Waals surface area contributed by atoms with Crippen LogP contribution in [-0.4, -0.2) is 31.0 Å². The van der Waals surface area contributed by atoms with Gasteiger partial charge in [0, 0.05) is 32.4 Å². The molecule has 7 heteroatoms. The van der Waals surface area contributed by atoms with E-state index in [4.69, 9.17) is 16.3 Å². The Bertz CT molecular complexity index is 735. The summed E-state index contributed by atoms with van der Waals surface area (Å²) < 4.78 is 6.37. The predicted molar refractivity (Wildman–Crippen MR) is 104 cm³/mol. The summed E-state index contributed by atoms with van der Waals surface area (Å²) in [6, 6.07) is 5.32. The van der Waals surface area contributed by atoms with E-state index in [1.54, 1.807) is 24.5 Å². The van der Waals surface area contributed by atoms with E-state index in [0.717, 1.165) is 10.0 Å². The van der Waals surface area contributed by atoms with Crippen LogP contribution in [-0.2, 0) is 11.3 Å². The number of rotatable bonds is 6. The van der Waals surface area contributed by atoms with Crippen LogP contribution in [0, 0.1) is 6.92 Å². The van der Waals surface area contributed by atoms with Gasteiger partial charge in [0.2, 0.25) is 5.91 Å². The zero-order chi connectivity index (χ0) is 17.9. The fraction of sp³-hybridized carbons (Fsp3) is 0.353. The summed E-state index contributed by atoms with van der Waals surface area (Å²) in [7, 11) is 3.49. The number of amides is 1. The molecule has 4 nitrogen and oxygen atoms in total. The van der Waals surface area contributed by atoms with Crippen molar-refractivity contribution in [3.8, 4) is 5.75 Å². The highest BCUT2D eigenvalue weighted by atomic mass is 79.9. The molecule has 0 saturated heterocycles. The quantitative estimate of drug-likeness (QED) is 0.704. The summed E-state index contributed by atoms with van der Waals surface area (Å²) >= 11 is 11.2. The number of methoxy groups -OCH3 is 1. The topological polar surface area (TPSA) is 41.6 Å². The number of nitrogens with zero attached hydrogens (tertiary/aromatic N) is 1. The van der Waals surface area contributed by atoms with Crippen LogP contribution in [0.4, 0.5) is 5.69 Å². The SMILES string of the molecule is COc1cc(Cl)c(C)cc1NC(=O)C(C)N(C)Cc1cc(Br)cs1. The number of hydrogen-bond acceptors (Lipinski definition) is 4. The third-order valence-electron chi connectivity index (χ3n) is 3.81. The Labute approximate surface area is 159 Å². The molecule has 1 aromatic carbocycles. The maximum atomic E-state index is 12.6. The Morgan fingerprint density at radius 3 is 2.75 bits per heavy atom. The van der Waals surface area contributed by atoms with Gasteiger partial charge in [-0.15, -0.1) is 11.3 Å². The number of aryl methyl sites for hydroxylation is 1. The van der Waals surface area contributed by atoms with E-state index in [0.29, 0.717) is 23.0 Å². The van der Waals surface area contributed by atoms with Crippen LogP contribution in [0.3, 0.4) is 0 Å². The van der Waals surface area contributed by atoms with E-state index in [1.807, 2.05) is 37.2 Å². The molecule has 1 amide bonds. The average Bonchev–Trinajstić information content (AvgIpc) is 2.94. The number of carbonyl (C=O) groups excluding carboxylic acids is 1. The summed E-state index contributed by atoms with van der Waals surface area (Å²) in [6.07, 6.45) is 0. The molecule has 0 bridgehead atoms. The van der Waals surface area contributed by atoms with Gasteiger partial charge in [-0.2, -0.15) is 0 Å². The van der Waals surface area contributed by atoms with E-state index >= 15 is 0 Å². The van der Waals surface area contributed by atoms with Crippen LogP contribution in [0.25, 0.3) is 0 Å². The molecule has 0 radical (unpaired) electrons. The molecular formula is C17H20BrClN2O2S. The normalized spacial score (nSPS) is 12.3. The van der Waals surface area contributed by atoms with Gasteiger partial charge >= 0.3 is 0 Å². The van der Waals surface area contributed by atoms with Gasteiger partial charge in [-0.3, -0.25) is 9.69 Å². The Morgan fingerprint density at radius 2 is 2.17 bits per heavy atom. The number of carbonyl (C=O) groups is 1. The molecule has 0 spiro atoms. The third-order valence-corrected chi connectivity index (χ3v) is 5.90. The Kier molecular flexibility index (Phi) is 6.69. The van der Waals surface area contributed by atoms with Crippen LogP contribution in [0.15, 0.2) is 28.1 Å². The first kappa shape index (κ1) is 19.2. The zero-order valence-electron chi connectivity index (χ0n) is 14.0. The van der Waals surface area contributed by atoms with Crippen molar-refractivity contribution in [3.63, 3.8) is 0 Å². The molecule has 0 aliphatic heterocycles. The minimum Gasteiger partial charge on any atom is -0.495 e. The van der Waals surface area contributed by atoms with E-state index in [-0.39, 0.29) is 11.9 Å². The molecule has 1 heterocycles. The van der Waals surface area contributed by atoms with Gasteiger partial charge in [0.05, 0.1) is 18.8 Å². The number of benzene rings is 1. The molecule has 1 aromatic heterocycles. The van der Waals surface area contributed by atoms with Crippen molar-refractivity contribution < 1.29 is 9.53 Å². The van der Waals surface area contributed by atoms with Gasteiger partial charge < -0.3 is 10.1 Å². The molecule has 2 aromatic rings. The van der Waals surface area contributed by atoms with Crippen molar-refractivity contribution >= 4 is 50.5 Å². The van der Waals surface area contributed by atoms with Gasteiger partial charge in [-0.25, -0.2) is 0 Å². The van der Waals surface area contributed by atoms with Crippen LogP contribution in [0.5, 0.6) is 5.75 Å². The fourth-order valence-corrected chi connectivity index (χ4v) is 3.85. The second-order valence-corrected chi connectivity index (χ2v) is 7.93. The van der Waals surface area contributed by atoms with Crippen molar-refractivity contribution in [2.75, 3.05) is 19.5 Å². The lowest BCUT2D eigenvalue weighted by Crippen LogP contribution is -2.39. The number of likely N-dealkylation sites (N-methyl/N-ethyl adjacent to an activating group) is 1. The lowest BCUT2D eigenvalue weighted by Gasteiger charge is -2.24. The summed E-state index contributed by atoms with van der Waals surface area (Å²) in [6.45, 7) is 4.48. The van der Waals surface area contributed by atoms with Crippen LogP contribution < -0.4 is 10.1 Å². The van der Waals surface area contributed by atoms with Crippen LogP contribution in [0.2, 0.25) is 5.02 Å². The Balaban J connectivity index is 2.07. The van der Waals surface area contributed by atoms with E-state index < -0.39 is 0 Å². The molecule has 0 aliphatic carbocycles. The molecular weight excluding hydrogens is 412 g/mol. The molecule has 24 heavy (non-hydrogen) atoms. The first-order valence-electron chi connectivity index (χ1n) is 7.40. The third kappa shape index (κ3) is 4.72. The smallest absolute Gasteiger partial charge is 0.241 e. The van der Waals surface area contributed by atoms with E-state index in [9.17, 15) is 4.79 Å². The zero-order valence-corrected chi connectivity index (χ0v) is 17.2. The highest BCUT2D eigenvalue weighted by Gasteiger charge is 2.20. The number of halogens is 2. The van der Waals surface area contributed by atoms with Crippen molar-refractivity contribution in [1.82, 2.24) is 4.90 Å². The van der Waals surface area contributed by atoms with Gasteiger partial charge in [-0.1, -0.05) is 11.6 Å². The summed E-state index contributed by atoms with van der Waals surface area (Å²) in [5.74, 6) is 0.462. The van der Waals surface area contributed by atoms with Crippen LogP contribution >= 0.6 is 38.9 Å². The summed E-state index contributed by atoms with van der Waals surface area (Å²) in [5, 5.41) is 5.58. The second-order valence-electron chi connectivity index (χ2n) is 5.61. The second kappa shape index (κ2) is 8.34. The summed E-state index contributed by atoms with van der Waals surface area (Å²) in [5.41, 5.74) is 1.51. The van der Waals surface area contributed by atoms with Gasteiger partial charge in [-0.05, 0) is 54.5 Å². The maximum absolute atomic E-state index is 12.6. The molecule has 1 N–H and O–H groups in total. The Morgan fingerprint density at radius 1 is 1.46 bits per heavy atom. The van der Waals surface area contributed by atoms with Gasteiger partial charge in [0.1, 0.15) is 5.75 Å². The largest absolute Gasteiger partial charge is 0.495 e.